The van der Waals surface area contributed by atoms with Gasteiger partial charge < -0.3 is 0 Å². The topological polar surface area (TPSA) is 47.2 Å². The van der Waals surface area contributed by atoms with Crippen LogP contribution >= 0.6 is 0 Å². The van der Waals surface area contributed by atoms with Gasteiger partial charge in [0.1, 0.15) is 5.82 Å². The average Bonchev–Trinajstić information content (AvgIpc) is 2.72. The van der Waals surface area contributed by atoms with Gasteiger partial charge in [0.2, 0.25) is 0 Å². The molecule has 0 unspecified atom stereocenters. The van der Waals surface area contributed by atoms with Gasteiger partial charge in [0.25, 0.3) is 5.56 Å². The molecule has 0 saturated heterocycles. The Labute approximate surface area is 163 Å². The van der Waals surface area contributed by atoms with Gasteiger partial charge in [0.15, 0.2) is 0 Å². The lowest BCUT2D eigenvalue weighted by Crippen LogP contribution is -2.23. The third kappa shape index (κ3) is 3.91. The van der Waals surface area contributed by atoms with Crippen LogP contribution < -0.4 is 5.56 Å². The molecular weight excluding hydrogens is 346 g/mol. The Morgan fingerprint density at radius 3 is 1.96 bits per heavy atom. The van der Waals surface area contributed by atoms with Crippen LogP contribution in [0.5, 0.6) is 0 Å². The Morgan fingerprint density at radius 2 is 1.36 bits per heavy atom. The van der Waals surface area contributed by atoms with Crippen molar-refractivity contribution in [3.8, 4) is 0 Å². The summed E-state index contributed by atoms with van der Waals surface area (Å²) in [6.45, 7) is 1.82. The molecule has 28 heavy (non-hydrogen) atoms. The summed E-state index contributed by atoms with van der Waals surface area (Å²) in [4.78, 5) is 17.6. The van der Waals surface area contributed by atoms with Crippen molar-refractivity contribution in [2.45, 2.75) is 19.8 Å². The van der Waals surface area contributed by atoms with Gasteiger partial charge in [-0.25, -0.2) is 4.98 Å². The highest BCUT2D eigenvalue weighted by molar-refractivity contribution is 5.88. The SMILES string of the molecule is Cc1nc2ccccc2c(=O)n1N=C(Cc1ccccc1)Cc1ccccc1. The van der Waals surface area contributed by atoms with E-state index in [0.29, 0.717) is 29.6 Å². The molecule has 0 amide bonds. The molecule has 0 aliphatic carbocycles. The Hall–Kier alpha value is -3.53. The molecule has 4 rings (SSSR count). The lowest BCUT2D eigenvalue weighted by Gasteiger charge is -2.11. The molecule has 138 valence electrons. The van der Waals surface area contributed by atoms with E-state index in [0.717, 1.165) is 16.8 Å². The molecule has 0 saturated carbocycles. The minimum atomic E-state index is -0.137. The largest absolute Gasteiger partial charge is 0.282 e. The van der Waals surface area contributed by atoms with Crippen molar-refractivity contribution in [1.82, 2.24) is 9.66 Å². The molecule has 4 heteroatoms. The smallest absolute Gasteiger partial charge is 0.267 e. The molecule has 0 radical (unpaired) electrons. The van der Waals surface area contributed by atoms with Gasteiger partial charge >= 0.3 is 0 Å². The second-order valence-electron chi connectivity index (χ2n) is 6.78. The maximum Gasteiger partial charge on any atom is 0.282 e. The van der Waals surface area contributed by atoms with Crippen LogP contribution in [0.4, 0.5) is 0 Å². The standard InChI is InChI=1S/C24H21N3O/c1-18-25-23-15-9-8-14-22(23)24(28)27(18)26-21(16-19-10-4-2-5-11-19)17-20-12-6-3-7-13-20/h2-15H,16-17H2,1H3. The van der Waals surface area contributed by atoms with Crippen LogP contribution in [0.15, 0.2) is 94.8 Å². The van der Waals surface area contributed by atoms with Crippen LogP contribution in [0, 0.1) is 6.92 Å². The molecule has 0 spiro atoms. The predicted molar refractivity (Wildman–Crippen MR) is 114 cm³/mol. The second-order valence-corrected chi connectivity index (χ2v) is 6.78. The Bertz CT molecular complexity index is 1140. The Balaban J connectivity index is 1.80. The van der Waals surface area contributed by atoms with Crippen LogP contribution in [0.2, 0.25) is 0 Å². The van der Waals surface area contributed by atoms with Gasteiger partial charge in [-0.15, -0.1) is 0 Å². The highest BCUT2D eigenvalue weighted by Gasteiger charge is 2.10. The number of para-hydroxylation sites is 1. The van der Waals surface area contributed by atoms with Crippen molar-refractivity contribution in [3.05, 3.63) is 112 Å². The van der Waals surface area contributed by atoms with E-state index in [4.69, 9.17) is 5.10 Å². The van der Waals surface area contributed by atoms with E-state index < -0.39 is 0 Å². The highest BCUT2D eigenvalue weighted by atomic mass is 16.1. The summed E-state index contributed by atoms with van der Waals surface area (Å²) in [6.07, 6.45) is 1.35. The van der Waals surface area contributed by atoms with E-state index in [1.165, 1.54) is 4.68 Å². The zero-order valence-electron chi connectivity index (χ0n) is 15.7. The van der Waals surface area contributed by atoms with Gasteiger partial charge in [0, 0.05) is 18.6 Å². The molecule has 0 fully saturated rings. The molecule has 0 atom stereocenters. The molecule has 4 nitrogen and oxygen atoms in total. The number of benzene rings is 3. The highest BCUT2D eigenvalue weighted by Crippen LogP contribution is 2.10. The average molecular weight is 367 g/mol. The summed E-state index contributed by atoms with van der Waals surface area (Å²) in [5.74, 6) is 0.585. The maximum atomic E-state index is 13.0. The predicted octanol–water partition coefficient (Wildman–Crippen LogP) is 4.39. The normalized spacial score (nSPS) is 10.8. The van der Waals surface area contributed by atoms with Crippen molar-refractivity contribution < 1.29 is 0 Å². The van der Waals surface area contributed by atoms with E-state index in [-0.39, 0.29) is 5.56 Å². The molecule has 1 heterocycles. The maximum absolute atomic E-state index is 13.0. The molecule has 0 aliphatic rings. The molecule has 0 aliphatic heterocycles. The molecule has 3 aromatic carbocycles. The fourth-order valence-electron chi connectivity index (χ4n) is 3.29. The number of rotatable bonds is 5. The summed E-state index contributed by atoms with van der Waals surface area (Å²) in [5.41, 5.74) is 3.80. The molecule has 0 bridgehead atoms. The van der Waals surface area contributed by atoms with Crippen molar-refractivity contribution in [1.29, 1.82) is 0 Å². The summed E-state index contributed by atoms with van der Waals surface area (Å²) in [6, 6.07) is 27.8. The van der Waals surface area contributed by atoms with Gasteiger partial charge in [-0.05, 0) is 30.2 Å². The van der Waals surface area contributed by atoms with Gasteiger partial charge in [-0.2, -0.15) is 9.78 Å². The molecular formula is C24H21N3O. The van der Waals surface area contributed by atoms with E-state index in [2.05, 4.69) is 29.2 Å². The minimum absolute atomic E-state index is 0.137. The minimum Gasteiger partial charge on any atom is -0.267 e. The lowest BCUT2D eigenvalue weighted by atomic mass is 10.0. The summed E-state index contributed by atoms with van der Waals surface area (Å²) < 4.78 is 1.43. The summed E-state index contributed by atoms with van der Waals surface area (Å²) in [5, 5.41) is 5.34. The van der Waals surface area contributed by atoms with Crippen LogP contribution in [0.1, 0.15) is 17.0 Å². The first-order valence-corrected chi connectivity index (χ1v) is 9.34. The van der Waals surface area contributed by atoms with Crippen LogP contribution in [-0.2, 0) is 12.8 Å². The number of nitrogens with zero attached hydrogens (tertiary/aromatic N) is 3. The van der Waals surface area contributed by atoms with Gasteiger partial charge in [0.05, 0.1) is 10.9 Å². The zero-order valence-corrected chi connectivity index (χ0v) is 15.7. The van der Waals surface area contributed by atoms with Crippen LogP contribution in [0.25, 0.3) is 10.9 Å². The number of hydrogen-bond donors (Lipinski definition) is 0. The number of fused-ring (bicyclic) bond motifs is 1. The lowest BCUT2D eigenvalue weighted by molar-refractivity contribution is 0.760. The molecule has 4 aromatic rings. The fraction of sp³-hybridized carbons (Fsp3) is 0.125. The molecule has 0 N–H and O–H groups in total. The summed E-state index contributed by atoms with van der Waals surface area (Å²) >= 11 is 0. The Morgan fingerprint density at radius 1 is 0.821 bits per heavy atom. The first-order valence-electron chi connectivity index (χ1n) is 9.34. The van der Waals surface area contributed by atoms with E-state index in [1.54, 1.807) is 6.07 Å². The van der Waals surface area contributed by atoms with Gasteiger partial charge in [-0.3, -0.25) is 4.79 Å². The van der Waals surface area contributed by atoms with E-state index in [1.807, 2.05) is 61.5 Å². The Kier molecular flexibility index (Phi) is 5.11. The van der Waals surface area contributed by atoms with Crippen molar-refractivity contribution >= 4 is 16.6 Å². The van der Waals surface area contributed by atoms with Crippen molar-refractivity contribution in [2.24, 2.45) is 5.10 Å². The third-order valence-electron chi connectivity index (χ3n) is 4.66. The number of hydrogen-bond acceptors (Lipinski definition) is 3. The number of aromatic nitrogens is 2. The summed E-state index contributed by atoms with van der Waals surface area (Å²) in [7, 11) is 0. The quantitative estimate of drug-likeness (QED) is 0.491. The van der Waals surface area contributed by atoms with Crippen LogP contribution in [-0.4, -0.2) is 15.4 Å². The third-order valence-corrected chi connectivity index (χ3v) is 4.66. The molecule has 1 aromatic heterocycles. The first kappa shape index (κ1) is 17.9. The first-order chi connectivity index (χ1) is 13.7. The zero-order chi connectivity index (χ0) is 19.3. The monoisotopic (exact) mass is 367 g/mol. The second kappa shape index (κ2) is 8.01. The fourth-order valence-corrected chi connectivity index (χ4v) is 3.29. The van der Waals surface area contributed by atoms with E-state index >= 15 is 0 Å². The number of aryl methyl sites for hydroxylation is 1. The van der Waals surface area contributed by atoms with Crippen molar-refractivity contribution in [2.75, 3.05) is 0 Å². The van der Waals surface area contributed by atoms with Crippen LogP contribution in [0.3, 0.4) is 0 Å². The van der Waals surface area contributed by atoms with E-state index in [9.17, 15) is 4.79 Å². The van der Waals surface area contributed by atoms with Gasteiger partial charge in [-0.1, -0.05) is 72.8 Å². The van der Waals surface area contributed by atoms with Crippen molar-refractivity contribution in [3.63, 3.8) is 0 Å².